The summed E-state index contributed by atoms with van der Waals surface area (Å²) >= 11 is 0. The molecule has 1 amide bonds. The van der Waals surface area contributed by atoms with E-state index in [0.29, 0.717) is 50.6 Å². The summed E-state index contributed by atoms with van der Waals surface area (Å²) in [6.45, 7) is -0.103. The number of anilines is 1. The number of nitrogens with one attached hydrogen (secondary N) is 1. The van der Waals surface area contributed by atoms with Crippen LogP contribution in [0.3, 0.4) is 0 Å². The first kappa shape index (κ1) is 23.1. The first-order chi connectivity index (χ1) is 18.6. The predicted molar refractivity (Wildman–Crippen MR) is 144 cm³/mol. The van der Waals surface area contributed by atoms with Gasteiger partial charge in [0.25, 0.3) is 0 Å². The van der Waals surface area contributed by atoms with E-state index in [1.807, 2.05) is 72.8 Å². The third-order valence-electron chi connectivity index (χ3n) is 5.87. The van der Waals surface area contributed by atoms with Gasteiger partial charge in [-0.3, -0.25) is 9.48 Å². The molecule has 0 saturated carbocycles. The highest BCUT2D eigenvalue weighted by molar-refractivity contribution is 6.02. The van der Waals surface area contributed by atoms with Crippen molar-refractivity contribution in [2.45, 2.75) is 6.54 Å². The number of fused-ring (bicyclic) bond motifs is 3. The largest absolute Gasteiger partial charge is 0.453 e. The average molecular weight is 504 g/mol. The number of aromatic nitrogens is 2. The maximum Gasteiger partial charge on any atom is 0.347 e. The van der Waals surface area contributed by atoms with Crippen LogP contribution in [0.15, 0.2) is 119 Å². The number of carbonyl (C=O) groups is 1. The van der Waals surface area contributed by atoms with Gasteiger partial charge in [0.2, 0.25) is 5.91 Å². The summed E-state index contributed by atoms with van der Waals surface area (Å²) in [5.41, 5.74) is 1.000. The fourth-order valence-corrected chi connectivity index (χ4v) is 4.16. The molecule has 0 radical (unpaired) electrons. The number of rotatable bonds is 7. The summed E-state index contributed by atoms with van der Waals surface area (Å²) in [5.74, 6) is 1.89. The second-order valence-corrected chi connectivity index (χ2v) is 8.49. The lowest BCUT2D eigenvalue weighted by molar-refractivity contribution is -0.116. The van der Waals surface area contributed by atoms with Crippen molar-refractivity contribution in [1.82, 2.24) is 9.78 Å². The molecule has 8 nitrogen and oxygen atoms in total. The van der Waals surface area contributed by atoms with E-state index in [2.05, 4.69) is 10.4 Å². The van der Waals surface area contributed by atoms with Crippen molar-refractivity contribution < 1.29 is 18.7 Å². The van der Waals surface area contributed by atoms with Gasteiger partial charge in [-0.2, -0.15) is 5.10 Å². The van der Waals surface area contributed by atoms with Gasteiger partial charge in [-0.05, 0) is 48.5 Å². The number of amides is 1. The molecule has 0 unspecified atom stereocenters. The van der Waals surface area contributed by atoms with Crippen LogP contribution in [0.1, 0.15) is 0 Å². The fourth-order valence-electron chi connectivity index (χ4n) is 4.16. The van der Waals surface area contributed by atoms with E-state index in [-0.39, 0.29) is 12.5 Å². The highest BCUT2D eigenvalue weighted by Crippen LogP contribution is 2.37. The molecule has 38 heavy (non-hydrogen) atoms. The third kappa shape index (κ3) is 4.70. The molecule has 0 fully saturated rings. The zero-order valence-electron chi connectivity index (χ0n) is 20.0. The zero-order chi connectivity index (χ0) is 25.9. The number of carbonyl (C=O) groups excluding carboxylic acids is 1. The second-order valence-electron chi connectivity index (χ2n) is 8.49. The standard InChI is InChI=1S/C30H21N3O5/c34-28(19-33-29-23-13-7-8-14-25(23)38-30(35)24(29)18-31-33)32-20-15-16-26(36-21-9-3-1-4-10-21)27(17-20)37-22-11-5-2-6-12-22/h1-18H,19H2,(H,32,34). The molecular formula is C30H21N3O5. The smallest absolute Gasteiger partial charge is 0.347 e. The molecule has 2 heterocycles. The molecule has 6 rings (SSSR count). The maximum absolute atomic E-state index is 13.0. The van der Waals surface area contributed by atoms with Crippen molar-refractivity contribution in [2.24, 2.45) is 0 Å². The van der Waals surface area contributed by atoms with Crippen LogP contribution in [0.2, 0.25) is 0 Å². The number of nitrogens with zero attached hydrogens (tertiary/aromatic N) is 2. The molecule has 0 aliphatic rings. The summed E-state index contributed by atoms with van der Waals surface area (Å²) in [5, 5.41) is 8.18. The molecule has 0 aliphatic carbocycles. The van der Waals surface area contributed by atoms with Crippen LogP contribution in [-0.2, 0) is 11.3 Å². The van der Waals surface area contributed by atoms with Crippen molar-refractivity contribution in [3.8, 4) is 23.0 Å². The summed E-state index contributed by atoms with van der Waals surface area (Å²) in [6, 6.07) is 31.0. The van der Waals surface area contributed by atoms with Gasteiger partial charge in [0.05, 0.1) is 11.7 Å². The van der Waals surface area contributed by atoms with Gasteiger partial charge in [0.15, 0.2) is 11.5 Å². The molecule has 186 valence electrons. The summed E-state index contributed by atoms with van der Waals surface area (Å²) < 4.78 is 19.0. The SMILES string of the molecule is O=C(Cn1ncc2c(=O)oc3ccccc3c21)Nc1ccc(Oc2ccccc2)c(Oc2ccccc2)c1. The average Bonchev–Trinajstić information content (AvgIpc) is 3.36. The van der Waals surface area contributed by atoms with Crippen molar-refractivity contribution in [1.29, 1.82) is 0 Å². The molecular weight excluding hydrogens is 482 g/mol. The maximum atomic E-state index is 13.0. The van der Waals surface area contributed by atoms with Crippen molar-refractivity contribution >= 4 is 33.5 Å². The Morgan fingerprint density at radius 1 is 0.789 bits per heavy atom. The lowest BCUT2D eigenvalue weighted by atomic mass is 10.2. The monoisotopic (exact) mass is 503 g/mol. The number of ether oxygens (including phenoxy) is 2. The number of benzene rings is 4. The van der Waals surface area contributed by atoms with Gasteiger partial charge < -0.3 is 19.2 Å². The normalized spacial score (nSPS) is 10.9. The molecule has 1 N–H and O–H groups in total. The highest BCUT2D eigenvalue weighted by atomic mass is 16.5. The first-order valence-corrected chi connectivity index (χ1v) is 11.9. The minimum Gasteiger partial charge on any atom is -0.453 e. The summed E-state index contributed by atoms with van der Waals surface area (Å²) in [6.07, 6.45) is 1.42. The second kappa shape index (κ2) is 9.94. The van der Waals surface area contributed by atoms with E-state index < -0.39 is 5.63 Å². The number of hydrogen-bond acceptors (Lipinski definition) is 6. The molecule has 6 aromatic rings. The molecule has 2 aromatic heterocycles. The molecule has 8 heteroatoms. The minimum atomic E-state index is -0.498. The molecule has 0 spiro atoms. The van der Waals surface area contributed by atoms with Crippen molar-refractivity contribution in [2.75, 3.05) is 5.32 Å². The van der Waals surface area contributed by atoms with Crippen LogP contribution in [0.5, 0.6) is 23.0 Å². The van der Waals surface area contributed by atoms with Gasteiger partial charge in [0.1, 0.15) is 29.0 Å². The van der Waals surface area contributed by atoms with Gasteiger partial charge in [-0.15, -0.1) is 0 Å². The van der Waals surface area contributed by atoms with Gasteiger partial charge in [-0.1, -0.05) is 48.5 Å². The lowest BCUT2D eigenvalue weighted by Crippen LogP contribution is -2.19. The van der Waals surface area contributed by atoms with E-state index in [4.69, 9.17) is 13.9 Å². The van der Waals surface area contributed by atoms with Crippen LogP contribution in [0, 0.1) is 0 Å². The molecule has 4 aromatic carbocycles. The topological polar surface area (TPSA) is 95.6 Å². The van der Waals surface area contributed by atoms with Gasteiger partial charge in [-0.25, -0.2) is 4.79 Å². The third-order valence-corrected chi connectivity index (χ3v) is 5.87. The Bertz CT molecular complexity index is 1810. The first-order valence-electron chi connectivity index (χ1n) is 11.9. The van der Waals surface area contributed by atoms with E-state index in [0.717, 1.165) is 0 Å². The Balaban J connectivity index is 1.28. The van der Waals surface area contributed by atoms with E-state index in [9.17, 15) is 9.59 Å². The Hall–Kier alpha value is -5.37. The summed E-state index contributed by atoms with van der Waals surface area (Å²) in [4.78, 5) is 25.4. The van der Waals surface area contributed by atoms with Crippen LogP contribution in [0.25, 0.3) is 21.9 Å². The molecule has 0 aliphatic heterocycles. The molecule has 0 saturated heterocycles. The number of para-hydroxylation sites is 3. The summed E-state index contributed by atoms with van der Waals surface area (Å²) in [7, 11) is 0. The van der Waals surface area contributed by atoms with Crippen molar-refractivity contribution in [3.63, 3.8) is 0 Å². The van der Waals surface area contributed by atoms with Crippen molar-refractivity contribution in [3.05, 3.63) is 120 Å². The Labute approximate surface area is 216 Å². The highest BCUT2D eigenvalue weighted by Gasteiger charge is 2.16. The van der Waals surface area contributed by atoms with Crippen LogP contribution in [-0.4, -0.2) is 15.7 Å². The molecule has 0 atom stereocenters. The number of hydrogen-bond donors (Lipinski definition) is 1. The minimum absolute atomic E-state index is 0.103. The Morgan fingerprint density at radius 2 is 1.45 bits per heavy atom. The van der Waals surface area contributed by atoms with Gasteiger partial charge >= 0.3 is 5.63 Å². The predicted octanol–water partition coefficient (Wildman–Crippen LogP) is 6.37. The van der Waals surface area contributed by atoms with E-state index >= 15 is 0 Å². The quantitative estimate of drug-likeness (QED) is 0.255. The lowest BCUT2D eigenvalue weighted by Gasteiger charge is -2.14. The van der Waals surface area contributed by atoms with Crippen LogP contribution < -0.4 is 20.4 Å². The fraction of sp³-hybridized carbons (Fsp3) is 0.0333. The Kier molecular flexibility index (Phi) is 6.03. The van der Waals surface area contributed by atoms with Gasteiger partial charge in [0, 0.05) is 17.1 Å². The molecule has 0 bridgehead atoms. The van der Waals surface area contributed by atoms with Crippen LogP contribution >= 0.6 is 0 Å². The van der Waals surface area contributed by atoms with E-state index in [1.165, 1.54) is 10.9 Å². The Morgan fingerprint density at radius 3 is 2.18 bits per heavy atom. The van der Waals surface area contributed by atoms with E-state index in [1.54, 1.807) is 30.3 Å². The van der Waals surface area contributed by atoms with Crippen LogP contribution in [0.4, 0.5) is 5.69 Å². The zero-order valence-corrected chi connectivity index (χ0v) is 20.0.